The fourth-order valence-corrected chi connectivity index (χ4v) is 4.73. The van der Waals surface area contributed by atoms with Crippen molar-refractivity contribution in [2.75, 3.05) is 32.1 Å². The molecule has 0 spiro atoms. The smallest absolute Gasteiger partial charge is 0.338 e. The second-order valence-electron chi connectivity index (χ2n) is 6.87. The van der Waals surface area contributed by atoms with Crippen molar-refractivity contribution in [3.63, 3.8) is 0 Å². The molecule has 164 valence electrons. The Kier molecular flexibility index (Phi) is 6.66. The molecule has 0 radical (unpaired) electrons. The molecule has 11 heteroatoms. The number of rotatable bonds is 8. The largest absolute Gasteiger partial charge is 0.454 e. The van der Waals surface area contributed by atoms with Crippen LogP contribution < -0.4 is 5.32 Å². The Bertz CT molecular complexity index is 1110. The van der Waals surface area contributed by atoms with E-state index in [4.69, 9.17) is 4.74 Å². The number of nitro groups is 1. The standard InChI is InChI=1S/C20H21N3O7S/c1-21-17-9-6-15(12-18(17)23(26)27)20(25)30-13-19(24)14-4-7-16(8-5-14)31(28,29)22-10-2-3-11-22/h4-9,12,21H,2-3,10-11,13H2,1H3. The average Bonchev–Trinajstić information content (AvgIpc) is 3.32. The first-order valence-electron chi connectivity index (χ1n) is 9.51. The average molecular weight is 447 g/mol. The topological polar surface area (TPSA) is 136 Å². The highest BCUT2D eigenvalue weighted by Gasteiger charge is 2.27. The molecule has 0 unspecified atom stereocenters. The van der Waals surface area contributed by atoms with E-state index in [2.05, 4.69) is 5.32 Å². The summed E-state index contributed by atoms with van der Waals surface area (Å²) in [4.78, 5) is 35.1. The molecule has 0 aliphatic carbocycles. The molecule has 31 heavy (non-hydrogen) atoms. The van der Waals surface area contributed by atoms with Crippen molar-refractivity contribution in [1.82, 2.24) is 4.31 Å². The lowest BCUT2D eigenvalue weighted by molar-refractivity contribution is -0.384. The number of benzene rings is 2. The summed E-state index contributed by atoms with van der Waals surface area (Å²) in [5, 5.41) is 13.8. The van der Waals surface area contributed by atoms with E-state index in [1.807, 2.05) is 0 Å². The minimum atomic E-state index is -3.58. The van der Waals surface area contributed by atoms with Crippen LogP contribution >= 0.6 is 0 Å². The van der Waals surface area contributed by atoms with E-state index in [1.54, 1.807) is 0 Å². The van der Waals surface area contributed by atoms with Gasteiger partial charge in [0.25, 0.3) is 5.69 Å². The molecule has 0 bridgehead atoms. The molecule has 2 aromatic rings. The fraction of sp³-hybridized carbons (Fsp3) is 0.300. The van der Waals surface area contributed by atoms with Gasteiger partial charge in [0.2, 0.25) is 10.0 Å². The molecule has 1 N–H and O–H groups in total. The molecule has 10 nitrogen and oxygen atoms in total. The molecule has 1 aliphatic heterocycles. The Hall–Kier alpha value is -3.31. The van der Waals surface area contributed by atoms with Crippen LogP contribution in [0.15, 0.2) is 47.4 Å². The first-order chi connectivity index (χ1) is 14.7. The number of sulfonamides is 1. The molecule has 0 amide bonds. The van der Waals surface area contributed by atoms with Gasteiger partial charge in [0.05, 0.1) is 15.4 Å². The molecular weight excluding hydrogens is 426 g/mol. The monoisotopic (exact) mass is 447 g/mol. The van der Waals surface area contributed by atoms with E-state index in [9.17, 15) is 28.1 Å². The number of hydrogen-bond acceptors (Lipinski definition) is 8. The van der Waals surface area contributed by atoms with Crippen molar-refractivity contribution in [3.05, 3.63) is 63.7 Å². The normalized spacial score (nSPS) is 14.2. The molecule has 0 atom stereocenters. The molecule has 2 aromatic carbocycles. The summed E-state index contributed by atoms with van der Waals surface area (Å²) in [6.45, 7) is 0.373. The van der Waals surface area contributed by atoms with Gasteiger partial charge in [0.1, 0.15) is 5.69 Å². The summed E-state index contributed by atoms with van der Waals surface area (Å²) in [5.41, 5.74) is 0.0647. The second-order valence-corrected chi connectivity index (χ2v) is 8.81. The Balaban J connectivity index is 1.65. The zero-order chi connectivity index (χ0) is 22.6. The molecular formula is C20H21N3O7S. The Morgan fingerprint density at radius 1 is 1.10 bits per heavy atom. The lowest BCUT2D eigenvalue weighted by atomic mass is 10.1. The van der Waals surface area contributed by atoms with Crippen molar-refractivity contribution >= 4 is 33.2 Å². The lowest BCUT2D eigenvalue weighted by Gasteiger charge is -2.15. The van der Waals surface area contributed by atoms with Crippen molar-refractivity contribution in [1.29, 1.82) is 0 Å². The van der Waals surface area contributed by atoms with Gasteiger partial charge in [-0.15, -0.1) is 0 Å². The van der Waals surface area contributed by atoms with Gasteiger partial charge in [0, 0.05) is 31.8 Å². The van der Waals surface area contributed by atoms with Gasteiger partial charge in [-0.3, -0.25) is 14.9 Å². The van der Waals surface area contributed by atoms with Gasteiger partial charge in [-0.05, 0) is 49.2 Å². The first kappa shape index (κ1) is 22.4. The molecule has 3 rings (SSSR count). The Labute approximate surface area is 179 Å². The number of esters is 1. The number of carbonyl (C=O) groups excluding carboxylic acids is 2. The predicted molar refractivity (Wildman–Crippen MR) is 112 cm³/mol. The number of nitrogens with zero attached hydrogens (tertiary/aromatic N) is 2. The summed E-state index contributed by atoms with van der Waals surface area (Å²) in [6.07, 6.45) is 1.64. The number of Topliss-reactive ketones (excluding diaryl/α,β-unsaturated/α-hetero) is 1. The summed E-state index contributed by atoms with van der Waals surface area (Å²) in [5.74, 6) is -1.41. The van der Waals surface area contributed by atoms with Crippen molar-refractivity contribution < 1.29 is 27.7 Å². The van der Waals surface area contributed by atoms with Crippen LogP contribution in [0.1, 0.15) is 33.6 Å². The van der Waals surface area contributed by atoms with Crippen LogP contribution in [0.4, 0.5) is 11.4 Å². The third-order valence-corrected chi connectivity index (χ3v) is 6.83. The summed E-state index contributed by atoms with van der Waals surface area (Å²) >= 11 is 0. The molecule has 1 saturated heterocycles. The van der Waals surface area contributed by atoms with Crippen LogP contribution in [0.25, 0.3) is 0 Å². The van der Waals surface area contributed by atoms with E-state index in [1.165, 1.54) is 47.8 Å². The highest BCUT2D eigenvalue weighted by molar-refractivity contribution is 7.89. The molecule has 1 heterocycles. The molecule has 1 fully saturated rings. The molecule has 1 aliphatic rings. The zero-order valence-corrected chi connectivity index (χ0v) is 17.6. The van der Waals surface area contributed by atoms with Crippen LogP contribution in [-0.2, 0) is 14.8 Å². The molecule has 0 saturated carbocycles. The minimum Gasteiger partial charge on any atom is -0.454 e. The van der Waals surface area contributed by atoms with Crippen LogP contribution in [0, 0.1) is 10.1 Å². The Morgan fingerprint density at radius 2 is 1.71 bits per heavy atom. The van der Waals surface area contributed by atoms with E-state index in [0.29, 0.717) is 13.1 Å². The number of carbonyl (C=O) groups is 2. The zero-order valence-electron chi connectivity index (χ0n) is 16.7. The third kappa shape index (κ3) is 4.89. The number of ketones is 1. The highest BCUT2D eigenvalue weighted by Crippen LogP contribution is 2.25. The third-order valence-electron chi connectivity index (χ3n) is 4.91. The molecule has 0 aromatic heterocycles. The lowest BCUT2D eigenvalue weighted by Crippen LogP contribution is -2.27. The van der Waals surface area contributed by atoms with Gasteiger partial charge in [0.15, 0.2) is 12.4 Å². The van der Waals surface area contributed by atoms with E-state index >= 15 is 0 Å². The minimum absolute atomic E-state index is 0.0643. The number of hydrogen-bond donors (Lipinski definition) is 1. The van der Waals surface area contributed by atoms with Crippen LogP contribution in [0.2, 0.25) is 0 Å². The van der Waals surface area contributed by atoms with Crippen molar-refractivity contribution in [3.8, 4) is 0 Å². The SMILES string of the molecule is CNc1ccc(C(=O)OCC(=O)c2ccc(S(=O)(=O)N3CCCC3)cc2)cc1[N+](=O)[O-]. The second kappa shape index (κ2) is 9.23. The van der Waals surface area contributed by atoms with Gasteiger partial charge in [-0.1, -0.05) is 0 Å². The maximum Gasteiger partial charge on any atom is 0.338 e. The number of anilines is 1. The highest BCUT2D eigenvalue weighted by atomic mass is 32.2. The summed E-state index contributed by atoms with van der Waals surface area (Å²) < 4.78 is 31.4. The van der Waals surface area contributed by atoms with Gasteiger partial charge < -0.3 is 10.1 Å². The van der Waals surface area contributed by atoms with Crippen molar-refractivity contribution in [2.24, 2.45) is 0 Å². The predicted octanol–water partition coefficient (Wildman–Crippen LogP) is 2.46. The summed E-state index contributed by atoms with van der Waals surface area (Å²) in [7, 11) is -2.07. The van der Waals surface area contributed by atoms with Crippen LogP contribution in [0.3, 0.4) is 0 Å². The maximum atomic E-state index is 12.5. The Morgan fingerprint density at radius 3 is 2.29 bits per heavy atom. The van der Waals surface area contributed by atoms with E-state index in [-0.39, 0.29) is 27.4 Å². The number of ether oxygens (including phenoxy) is 1. The van der Waals surface area contributed by atoms with Gasteiger partial charge in [-0.2, -0.15) is 4.31 Å². The summed E-state index contributed by atoms with van der Waals surface area (Å²) in [6, 6.07) is 9.22. The fourth-order valence-electron chi connectivity index (χ4n) is 3.21. The van der Waals surface area contributed by atoms with E-state index in [0.717, 1.165) is 18.9 Å². The van der Waals surface area contributed by atoms with Crippen molar-refractivity contribution in [2.45, 2.75) is 17.7 Å². The number of nitrogens with one attached hydrogen (secondary N) is 1. The van der Waals surface area contributed by atoms with Gasteiger partial charge >= 0.3 is 5.97 Å². The van der Waals surface area contributed by atoms with E-state index < -0.39 is 33.3 Å². The first-order valence-corrected chi connectivity index (χ1v) is 10.9. The van der Waals surface area contributed by atoms with Crippen LogP contribution in [0.5, 0.6) is 0 Å². The number of nitro benzene ring substituents is 1. The van der Waals surface area contributed by atoms with Gasteiger partial charge in [-0.25, -0.2) is 13.2 Å². The quantitative estimate of drug-likeness (QED) is 0.282. The maximum absolute atomic E-state index is 12.5. The van der Waals surface area contributed by atoms with Crippen LogP contribution in [-0.4, -0.2) is 56.1 Å².